The Labute approximate surface area is 149 Å². The normalized spacial score (nSPS) is 13.8. The molecule has 3 N–H and O–H groups in total. The van der Waals surface area contributed by atoms with Crippen molar-refractivity contribution < 1.29 is 22.0 Å². The van der Waals surface area contributed by atoms with Crippen molar-refractivity contribution in [3.05, 3.63) is 33.8 Å². The maximum Gasteiger partial charge on any atom is 0.455 e. The summed E-state index contributed by atoms with van der Waals surface area (Å²) in [6.45, 7) is -1.92. The Balaban J connectivity index is 3.39. The van der Waals surface area contributed by atoms with Gasteiger partial charge in [0.2, 0.25) is 0 Å². The van der Waals surface area contributed by atoms with Crippen LogP contribution in [0.1, 0.15) is 5.56 Å². The molecule has 0 fully saturated rings. The summed E-state index contributed by atoms with van der Waals surface area (Å²) in [6, 6.07) is 4.24. The van der Waals surface area contributed by atoms with Crippen molar-refractivity contribution >= 4 is 41.1 Å². The van der Waals surface area contributed by atoms with Gasteiger partial charge in [-0.15, -0.1) is 0 Å². The van der Waals surface area contributed by atoms with Crippen LogP contribution >= 0.6 is 23.2 Å². The maximum absolute atomic E-state index is 13.2. The van der Waals surface area contributed by atoms with Crippen molar-refractivity contribution in [3.8, 4) is 0 Å². The van der Waals surface area contributed by atoms with Gasteiger partial charge in [-0.25, -0.2) is 5.01 Å². The number of hydrogen-bond acceptors (Lipinski definition) is 3. The van der Waals surface area contributed by atoms with Gasteiger partial charge in [-0.3, -0.25) is 10.4 Å². The van der Waals surface area contributed by atoms with Crippen LogP contribution in [-0.4, -0.2) is 48.6 Å². The van der Waals surface area contributed by atoms with Crippen molar-refractivity contribution in [2.45, 2.75) is 12.1 Å². The molecule has 0 aliphatic rings. The molecule has 5 nitrogen and oxygen atoms in total. The molecule has 1 rings (SSSR count). The quantitative estimate of drug-likeness (QED) is 0.328. The van der Waals surface area contributed by atoms with Gasteiger partial charge >= 0.3 is 12.1 Å². The third-order valence-corrected chi connectivity index (χ3v) is 3.66. The highest BCUT2D eigenvalue weighted by atomic mass is 35.5. The van der Waals surface area contributed by atoms with Crippen molar-refractivity contribution in [1.29, 1.82) is 5.41 Å². The predicted molar refractivity (Wildman–Crippen MR) is 87.0 cm³/mol. The van der Waals surface area contributed by atoms with Gasteiger partial charge in [-0.2, -0.15) is 27.1 Å². The molecular weight excluding hydrogens is 392 g/mol. The lowest BCUT2D eigenvalue weighted by Crippen LogP contribution is -2.45. The van der Waals surface area contributed by atoms with E-state index in [1.807, 2.05) is 0 Å². The highest BCUT2D eigenvalue weighted by molar-refractivity contribution is 6.52. The van der Waals surface area contributed by atoms with E-state index >= 15 is 0 Å². The summed E-state index contributed by atoms with van der Waals surface area (Å²) >= 11 is 11.8. The largest absolute Gasteiger partial charge is 0.455 e. The summed E-state index contributed by atoms with van der Waals surface area (Å²) in [7, 11) is 1.25. The molecule has 0 saturated carbocycles. The average Bonchev–Trinajstić information content (AvgIpc) is 2.52. The minimum Gasteiger partial charge on any atom is -0.382 e. The average molecular weight is 404 g/mol. The molecule has 0 radical (unpaired) electrons. The van der Waals surface area contributed by atoms with Crippen molar-refractivity contribution in [1.82, 2.24) is 5.01 Å². The molecule has 0 heterocycles. The Kier molecular flexibility index (Phi) is 6.72. The first kappa shape index (κ1) is 21.1. The van der Waals surface area contributed by atoms with E-state index in [0.29, 0.717) is 0 Å². The molecule has 0 unspecified atom stereocenters. The molecule has 0 aliphatic carbocycles. The zero-order valence-electron chi connectivity index (χ0n) is 12.6. The maximum atomic E-state index is 13.2. The van der Waals surface area contributed by atoms with Crippen LogP contribution in [0.5, 0.6) is 0 Å². The van der Waals surface area contributed by atoms with Gasteiger partial charge in [0.05, 0.1) is 10.0 Å². The molecule has 0 aromatic heterocycles. The van der Waals surface area contributed by atoms with E-state index in [9.17, 15) is 22.0 Å². The lowest BCUT2D eigenvalue weighted by Gasteiger charge is -2.24. The van der Waals surface area contributed by atoms with E-state index in [-0.39, 0.29) is 38.5 Å². The number of benzene rings is 1. The van der Waals surface area contributed by atoms with Crippen LogP contribution < -0.4 is 5.73 Å². The molecule has 0 saturated heterocycles. The van der Waals surface area contributed by atoms with Crippen molar-refractivity contribution in [3.63, 3.8) is 0 Å². The van der Waals surface area contributed by atoms with Crippen LogP contribution in [0.15, 0.2) is 28.3 Å². The van der Waals surface area contributed by atoms with E-state index in [4.69, 9.17) is 34.3 Å². The monoisotopic (exact) mass is 403 g/mol. The fraction of sp³-hybridized carbons (Fsp3) is 0.308. The molecule has 0 spiro atoms. The fourth-order valence-electron chi connectivity index (χ4n) is 1.57. The van der Waals surface area contributed by atoms with Crippen LogP contribution in [0.3, 0.4) is 0 Å². The zero-order valence-corrected chi connectivity index (χ0v) is 14.1. The number of hydrazone groups is 1. The molecule has 0 aliphatic heterocycles. The van der Waals surface area contributed by atoms with Crippen LogP contribution in [0.2, 0.25) is 10.0 Å². The van der Waals surface area contributed by atoms with Gasteiger partial charge in [0.25, 0.3) is 0 Å². The molecule has 138 valence electrons. The lowest BCUT2D eigenvalue weighted by atomic mass is 10.1. The Morgan fingerprint density at radius 3 is 2.36 bits per heavy atom. The Hall–Kier alpha value is -1.94. The van der Waals surface area contributed by atoms with Gasteiger partial charge in [-0.1, -0.05) is 35.3 Å². The number of nitrogens with two attached hydrogens (primary N) is 1. The third kappa shape index (κ3) is 5.02. The number of nitrogens with zero attached hydrogens (tertiary/aromatic N) is 3. The molecular formula is C13H12Cl2F5N5. The molecule has 1 aromatic carbocycles. The van der Waals surface area contributed by atoms with E-state index in [1.165, 1.54) is 25.2 Å². The van der Waals surface area contributed by atoms with E-state index < -0.39 is 18.6 Å². The van der Waals surface area contributed by atoms with E-state index in [0.717, 1.165) is 0 Å². The Morgan fingerprint density at radius 2 is 1.88 bits per heavy atom. The molecule has 0 amide bonds. The number of amidine groups is 1. The van der Waals surface area contributed by atoms with Crippen LogP contribution in [-0.2, 0) is 0 Å². The number of hydrogen-bond donors (Lipinski definition) is 2. The van der Waals surface area contributed by atoms with Gasteiger partial charge in [0, 0.05) is 12.6 Å². The second-order valence-corrected chi connectivity index (χ2v) is 5.37. The van der Waals surface area contributed by atoms with Crippen LogP contribution in [0.4, 0.5) is 22.0 Å². The highest BCUT2D eigenvalue weighted by Gasteiger charge is 2.58. The van der Waals surface area contributed by atoms with Crippen LogP contribution in [0, 0.1) is 5.41 Å². The summed E-state index contributed by atoms with van der Waals surface area (Å²) in [5.74, 6) is -5.40. The van der Waals surface area contributed by atoms with Gasteiger partial charge in [0.15, 0.2) is 0 Å². The van der Waals surface area contributed by atoms with Crippen LogP contribution in [0.25, 0.3) is 0 Å². The third-order valence-electron chi connectivity index (χ3n) is 2.84. The standard InChI is InChI=1S/C13H12Cl2F5N5/c1-23-11(22)10(7-3-2-4-8(14)9(7)15)24-25(6-21)5-12(16,17)13(18,19)20/h2-4,6,21H,5H2,1H3,(H2,22,23)/b21-6?,24-10-. The molecule has 25 heavy (non-hydrogen) atoms. The Bertz CT molecular complexity index is 703. The van der Waals surface area contributed by atoms with E-state index in [1.54, 1.807) is 0 Å². The number of halogens is 7. The molecule has 1 aromatic rings. The highest BCUT2D eigenvalue weighted by Crippen LogP contribution is 2.36. The number of rotatable bonds is 6. The summed E-state index contributed by atoms with van der Waals surface area (Å²) in [5, 5.41) is 10.7. The van der Waals surface area contributed by atoms with E-state index in [2.05, 4.69) is 10.1 Å². The first-order valence-electron chi connectivity index (χ1n) is 6.42. The first-order chi connectivity index (χ1) is 11.4. The SMILES string of the molecule is C/N=C(N)\C(=N/N(C=N)CC(F)(F)C(F)(F)F)c1cccc(Cl)c1Cl. The van der Waals surface area contributed by atoms with Gasteiger partial charge in [-0.05, 0) is 6.07 Å². The summed E-state index contributed by atoms with van der Waals surface area (Å²) in [4.78, 5) is 3.62. The zero-order chi connectivity index (χ0) is 19.4. The minimum atomic E-state index is -5.80. The molecule has 0 bridgehead atoms. The fourth-order valence-corrected chi connectivity index (χ4v) is 1.96. The Morgan fingerprint density at radius 1 is 1.28 bits per heavy atom. The topological polar surface area (TPSA) is 77.8 Å². The number of aliphatic imine (C=N–C) groups is 1. The first-order valence-corrected chi connectivity index (χ1v) is 7.17. The summed E-state index contributed by atoms with van der Waals surface area (Å²) in [5.41, 5.74) is 5.37. The molecule has 0 atom stereocenters. The minimum absolute atomic E-state index is 0.0537. The lowest BCUT2D eigenvalue weighted by molar-refractivity contribution is -0.283. The second kappa shape index (κ2) is 7.96. The summed E-state index contributed by atoms with van der Waals surface area (Å²) < 4.78 is 63.4. The second-order valence-electron chi connectivity index (χ2n) is 4.59. The van der Waals surface area contributed by atoms with Crippen molar-refractivity contribution in [2.24, 2.45) is 15.8 Å². The number of alkyl halides is 5. The van der Waals surface area contributed by atoms with Crippen molar-refractivity contribution in [2.75, 3.05) is 13.6 Å². The van der Waals surface area contributed by atoms with Gasteiger partial charge < -0.3 is 5.73 Å². The number of nitrogens with one attached hydrogen (secondary N) is 1. The molecule has 12 heteroatoms. The summed E-state index contributed by atoms with van der Waals surface area (Å²) in [6.07, 6.45) is -5.61. The smallest absolute Gasteiger partial charge is 0.382 e. The van der Waals surface area contributed by atoms with Gasteiger partial charge in [0.1, 0.15) is 24.4 Å². The predicted octanol–water partition coefficient (Wildman–Crippen LogP) is 3.79.